The number of anilines is 2. The first kappa shape index (κ1) is 13.3. The Bertz CT molecular complexity index is 598. The number of carbonyl (C=O) groups excluding carboxylic acids is 1. The van der Waals surface area contributed by atoms with Gasteiger partial charge in [-0.05, 0) is 36.8 Å². The molecule has 0 spiro atoms. The lowest BCUT2D eigenvalue weighted by atomic mass is 10.2. The van der Waals surface area contributed by atoms with Gasteiger partial charge < -0.3 is 10.7 Å². The molecule has 0 radical (unpaired) electrons. The van der Waals surface area contributed by atoms with Crippen molar-refractivity contribution in [2.45, 2.75) is 6.92 Å². The van der Waals surface area contributed by atoms with Crippen molar-refractivity contribution in [1.82, 2.24) is 4.98 Å². The molecule has 0 unspecified atom stereocenters. The molecule has 0 saturated heterocycles. The zero-order valence-electron chi connectivity index (χ0n) is 10.3. The molecule has 0 aliphatic rings. The lowest BCUT2D eigenvalue weighted by Gasteiger charge is -2.08. The molecule has 6 heteroatoms. The number of amides is 1. The van der Waals surface area contributed by atoms with Crippen LogP contribution in [0, 0.1) is 6.92 Å². The molecule has 19 heavy (non-hydrogen) atoms. The van der Waals surface area contributed by atoms with Gasteiger partial charge >= 0.3 is 0 Å². The highest BCUT2D eigenvalue weighted by atomic mass is 35.5. The van der Waals surface area contributed by atoms with E-state index in [1.54, 1.807) is 24.3 Å². The number of carbonyl (C=O) groups is 1. The van der Waals surface area contributed by atoms with Gasteiger partial charge in [0.25, 0.3) is 5.91 Å². The van der Waals surface area contributed by atoms with Crippen LogP contribution in [0.15, 0.2) is 36.5 Å². The van der Waals surface area contributed by atoms with Crippen LogP contribution in [0.2, 0.25) is 5.02 Å². The minimum absolute atomic E-state index is 0.288. The summed E-state index contributed by atoms with van der Waals surface area (Å²) in [4.78, 5) is 16.0. The molecule has 0 aliphatic carbocycles. The monoisotopic (exact) mass is 276 g/mol. The number of nitrogens with zero attached hydrogens (tertiary/aromatic N) is 1. The summed E-state index contributed by atoms with van der Waals surface area (Å²) in [6.45, 7) is 1.92. The third-order valence-electron chi connectivity index (χ3n) is 2.53. The standard InChI is InChI=1S/C13H13ClN4O/c1-8-2-4-10(14)12(6-8)17-13(19)11-5-3-9(18-15)7-16-11/h2-7,18H,15H2,1H3,(H,17,19). The van der Waals surface area contributed by atoms with E-state index in [2.05, 4.69) is 15.7 Å². The molecule has 0 atom stereocenters. The Morgan fingerprint density at radius 1 is 1.32 bits per heavy atom. The van der Waals surface area contributed by atoms with E-state index in [9.17, 15) is 4.79 Å². The van der Waals surface area contributed by atoms with Crippen molar-refractivity contribution in [2.24, 2.45) is 5.84 Å². The van der Waals surface area contributed by atoms with E-state index in [1.807, 2.05) is 13.0 Å². The van der Waals surface area contributed by atoms with Gasteiger partial charge in [0.1, 0.15) is 5.69 Å². The van der Waals surface area contributed by atoms with Crippen LogP contribution in [0.4, 0.5) is 11.4 Å². The second kappa shape index (κ2) is 5.69. The lowest BCUT2D eigenvalue weighted by Crippen LogP contribution is -2.14. The van der Waals surface area contributed by atoms with Crippen LogP contribution in [0.3, 0.4) is 0 Å². The quantitative estimate of drug-likeness (QED) is 0.595. The number of hydrogen-bond acceptors (Lipinski definition) is 4. The van der Waals surface area contributed by atoms with Gasteiger partial charge in [-0.15, -0.1) is 0 Å². The van der Waals surface area contributed by atoms with Crippen LogP contribution in [0.25, 0.3) is 0 Å². The summed E-state index contributed by atoms with van der Waals surface area (Å²) < 4.78 is 0. The summed E-state index contributed by atoms with van der Waals surface area (Å²) >= 11 is 6.01. The summed E-state index contributed by atoms with van der Waals surface area (Å²) in [5.74, 6) is 4.90. The second-order valence-corrected chi connectivity index (χ2v) is 4.42. The smallest absolute Gasteiger partial charge is 0.274 e. The molecule has 0 fully saturated rings. The SMILES string of the molecule is Cc1ccc(Cl)c(NC(=O)c2ccc(NN)cn2)c1. The van der Waals surface area contributed by atoms with Crippen LogP contribution in [0.5, 0.6) is 0 Å². The molecule has 0 aliphatic heterocycles. The maximum absolute atomic E-state index is 12.0. The lowest BCUT2D eigenvalue weighted by molar-refractivity contribution is 0.102. The van der Waals surface area contributed by atoms with Crippen LogP contribution in [-0.2, 0) is 0 Å². The molecule has 4 N–H and O–H groups in total. The number of nitrogens with two attached hydrogens (primary N) is 1. The van der Waals surface area contributed by atoms with Crippen molar-refractivity contribution in [3.8, 4) is 0 Å². The van der Waals surface area contributed by atoms with E-state index >= 15 is 0 Å². The fourth-order valence-corrected chi connectivity index (χ4v) is 1.70. The van der Waals surface area contributed by atoms with Crippen molar-refractivity contribution in [1.29, 1.82) is 0 Å². The third kappa shape index (κ3) is 3.21. The van der Waals surface area contributed by atoms with E-state index in [-0.39, 0.29) is 11.6 Å². The van der Waals surface area contributed by atoms with Gasteiger partial charge in [-0.2, -0.15) is 0 Å². The maximum atomic E-state index is 12.0. The van der Waals surface area contributed by atoms with Crippen molar-refractivity contribution in [3.63, 3.8) is 0 Å². The summed E-state index contributed by atoms with van der Waals surface area (Å²) in [7, 11) is 0. The highest BCUT2D eigenvalue weighted by Gasteiger charge is 2.09. The summed E-state index contributed by atoms with van der Waals surface area (Å²) in [5.41, 5.74) is 4.94. The first-order valence-electron chi connectivity index (χ1n) is 5.60. The molecule has 0 bridgehead atoms. The number of nitrogen functional groups attached to an aromatic ring is 1. The molecule has 1 amide bonds. The molecular weight excluding hydrogens is 264 g/mol. The van der Waals surface area contributed by atoms with Gasteiger partial charge in [0.2, 0.25) is 0 Å². The van der Waals surface area contributed by atoms with E-state index in [4.69, 9.17) is 17.4 Å². The number of halogens is 1. The fourth-order valence-electron chi connectivity index (χ4n) is 1.53. The Kier molecular flexibility index (Phi) is 3.99. The number of hydrazine groups is 1. The van der Waals surface area contributed by atoms with Gasteiger partial charge in [0.15, 0.2) is 0 Å². The van der Waals surface area contributed by atoms with Crippen LogP contribution < -0.4 is 16.6 Å². The van der Waals surface area contributed by atoms with Crippen molar-refractivity contribution >= 4 is 28.9 Å². The Morgan fingerprint density at radius 2 is 2.11 bits per heavy atom. The summed E-state index contributed by atoms with van der Waals surface area (Å²) in [6, 6.07) is 8.66. The third-order valence-corrected chi connectivity index (χ3v) is 2.86. The molecule has 2 rings (SSSR count). The van der Waals surface area contributed by atoms with Crippen LogP contribution in [0.1, 0.15) is 16.1 Å². The maximum Gasteiger partial charge on any atom is 0.274 e. The van der Waals surface area contributed by atoms with E-state index < -0.39 is 0 Å². The van der Waals surface area contributed by atoms with Crippen LogP contribution in [-0.4, -0.2) is 10.9 Å². The van der Waals surface area contributed by atoms with Crippen molar-refractivity contribution < 1.29 is 4.79 Å². The second-order valence-electron chi connectivity index (χ2n) is 4.01. The summed E-state index contributed by atoms with van der Waals surface area (Å²) in [5, 5.41) is 3.21. The molecule has 0 saturated carbocycles. The van der Waals surface area contributed by atoms with Gasteiger partial charge in [0, 0.05) is 0 Å². The molecule has 5 nitrogen and oxygen atoms in total. The molecular formula is C13H13ClN4O. The van der Waals surface area contributed by atoms with E-state index in [0.717, 1.165) is 5.56 Å². The molecule has 1 heterocycles. The minimum Gasteiger partial charge on any atom is -0.323 e. The Hall–Kier alpha value is -2.11. The number of aryl methyl sites for hydroxylation is 1. The topological polar surface area (TPSA) is 80.0 Å². The summed E-state index contributed by atoms with van der Waals surface area (Å²) in [6.07, 6.45) is 1.48. The molecule has 1 aromatic carbocycles. The minimum atomic E-state index is -0.323. The highest BCUT2D eigenvalue weighted by molar-refractivity contribution is 6.33. The molecule has 1 aromatic heterocycles. The van der Waals surface area contributed by atoms with Crippen molar-refractivity contribution in [3.05, 3.63) is 52.8 Å². The first-order valence-corrected chi connectivity index (χ1v) is 5.98. The number of rotatable bonds is 3. The fraction of sp³-hybridized carbons (Fsp3) is 0.0769. The zero-order chi connectivity index (χ0) is 13.8. The number of aromatic nitrogens is 1. The Balaban J connectivity index is 2.18. The predicted octanol–water partition coefficient (Wildman–Crippen LogP) is 2.58. The van der Waals surface area contributed by atoms with E-state index in [0.29, 0.717) is 16.4 Å². The average Bonchev–Trinajstić information content (AvgIpc) is 2.43. The van der Waals surface area contributed by atoms with E-state index in [1.165, 1.54) is 6.20 Å². The van der Waals surface area contributed by atoms with Gasteiger partial charge in [-0.1, -0.05) is 17.7 Å². The van der Waals surface area contributed by atoms with Gasteiger partial charge in [0.05, 0.1) is 22.6 Å². The number of pyridine rings is 1. The van der Waals surface area contributed by atoms with Crippen LogP contribution >= 0.6 is 11.6 Å². The van der Waals surface area contributed by atoms with Crippen molar-refractivity contribution in [2.75, 3.05) is 10.7 Å². The zero-order valence-corrected chi connectivity index (χ0v) is 11.0. The Labute approximate surface area is 115 Å². The largest absolute Gasteiger partial charge is 0.323 e. The highest BCUT2D eigenvalue weighted by Crippen LogP contribution is 2.23. The molecule has 2 aromatic rings. The Morgan fingerprint density at radius 3 is 2.74 bits per heavy atom. The number of nitrogens with one attached hydrogen (secondary N) is 2. The van der Waals surface area contributed by atoms with Gasteiger partial charge in [-0.25, -0.2) is 4.98 Å². The van der Waals surface area contributed by atoms with Gasteiger partial charge in [-0.3, -0.25) is 10.6 Å². The normalized spacial score (nSPS) is 10.1. The number of hydrogen-bond donors (Lipinski definition) is 3. The number of benzene rings is 1. The average molecular weight is 277 g/mol. The molecule has 98 valence electrons. The predicted molar refractivity (Wildman–Crippen MR) is 76.2 cm³/mol. The first-order chi connectivity index (χ1) is 9.10.